The largest absolute Gasteiger partial charge is 0.497 e. The number of ether oxygens (including phenoxy) is 1. The standard InChI is InChI=1S/C27H36N2O3/c1-20-9-11-22(12-10-20)15-18-26(30)29(19-23-13-16-25(32-3)17-14-23)21(2)27(31)28-24-7-5-4-6-8-24/h9-14,16-17,21,24H,4-8,15,18-19H2,1-3H3,(H,28,31). The van der Waals surface area contributed by atoms with Gasteiger partial charge in [-0.25, -0.2) is 0 Å². The third-order valence-corrected chi connectivity index (χ3v) is 6.38. The van der Waals surface area contributed by atoms with Crippen LogP contribution >= 0.6 is 0 Å². The first-order valence-corrected chi connectivity index (χ1v) is 11.7. The molecular formula is C27H36N2O3. The number of carbonyl (C=O) groups is 2. The van der Waals surface area contributed by atoms with E-state index in [0.29, 0.717) is 19.4 Å². The van der Waals surface area contributed by atoms with Gasteiger partial charge < -0.3 is 15.0 Å². The van der Waals surface area contributed by atoms with Crippen LogP contribution in [0.15, 0.2) is 48.5 Å². The molecule has 1 saturated carbocycles. The zero-order chi connectivity index (χ0) is 22.9. The van der Waals surface area contributed by atoms with Gasteiger partial charge in [-0.15, -0.1) is 0 Å². The quantitative estimate of drug-likeness (QED) is 0.614. The van der Waals surface area contributed by atoms with Crippen LogP contribution in [-0.2, 0) is 22.6 Å². The summed E-state index contributed by atoms with van der Waals surface area (Å²) in [7, 11) is 1.63. The zero-order valence-corrected chi connectivity index (χ0v) is 19.6. The molecule has 0 saturated heterocycles. The Kier molecular flexibility index (Phi) is 8.72. The summed E-state index contributed by atoms with van der Waals surface area (Å²) in [6, 6.07) is 15.6. The number of aryl methyl sites for hydroxylation is 2. The van der Waals surface area contributed by atoms with Gasteiger partial charge in [-0.2, -0.15) is 0 Å². The van der Waals surface area contributed by atoms with Gasteiger partial charge in [0.05, 0.1) is 7.11 Å². The average molecular weight is 437 g/mol. The van der Waals surface area contributed by atoms with Crippen molar-refractivity contribution in [2.24, 2.45) is 0 Å². The summed E-state index contributed by atoms with van der Waals surface area (Å²) in [5.74, 6) is 0.705. The lowest BCUT2D eigenvalue weighted by Gasteiger charge is -2.31. The molecule has 0 spiro atoms. The van der Waals surface area contributed by atoms with Crippen LogP contribution < -0.4 is 10.1 Å². The Morgan fingerprint density at radius 2 is 1.62 bits per heavy atom. The molecule has 1 fully saturated rings. The number of hydrogen-bond acceptors (Lipinski definition) is 3. The third kappa shape index (κ3) is 6.84. The summed E-state index contributed by atoms with van der Waals surface area (Å²) >= 11 is 0. The Hall–Kier alpha value is -2.82. The van der Waals surface area contributed by atoms with E-state index in [9.17, 15) is 9.59 Å². The summed E-state index contributed by atoms with van der Waals surface area (Å²) in [6.45, 7) is 4.29. The van der Waals surface area contributed by atoms with Crippen molar-refractivity contribution in [1.29, 1.82) is 0 Å². The molecule has 32 heavy (non-hydrogen) atoms. The van der Waals surface area contributed by atoms with Crippen LogP contribution in [0.25, 0.3) is 0 Å². The maximum absolute atomic E-state index is 13.3. The molecule has 2 aromatic carbocycles. The van der Waals surface area contributed by atoms with Crippen LogP contribution in [0.5, 0.6) is 5.75 Å². The lowest BCUT2D eigenvalue weighted by molar-refractivity contribution is -0.141. The van der Waals surface area contributed by atoms with Crippen LogP contribution in [0.2, 0.25) is 0 Å². The fraction of sp³-hybridized carbons (Fsp3) is 0.481. The highest BCUT2D eigenvalue weighted by molar-refractivity contribution is 5.87. The molecule has 0 radical (unpaired) electrons. The van der Waals surface area contributed by atoms with E-state index in [1.54, 1.807) is 12.0 Å². The lowest BCUT2D eigenvalue weighted by Crippen LogP contribution is -2.50. The molecule has 0 bridgehead atoms. The van der Waals surface area contributed by atoms with E-state index in [1.165, 1.54) is 12.0 Å². The highest BCUT2D eigenvalue weighted by atomic mass is 16.5. The Balaban J connectivity index is 1.69. The second kappa shape index (κ2) is 11.7. The Morgan fingerprint density at radius 1 is 1.00 bits per heavy atom. The van der Waals surface area contributed by atoms with Crippen LogP contribution in [-0.4, -0.2) is 35.9 Å². The molecule has 3 rings (SSSR count). The molecule has 172 valence electrons. The van der Waals surface area contributed by atoms with E-state index in [2.05, 4.69) is 36.5 Å². The zero-order valence-electron chi connectivity index (χ0n) is 19.6. The van der Waals surface area contributed by atoms with Gasteiger partial charge in [0.1, 0.15) is 11.8 Å². The maximum Gasteiger partial charge on any atom is 0.242 e. The first-order chi connectivity index (χ1) is 15.5. The molecule has 1 N–H and O–H groups in total. The molecule has 1 aliphatic rings. The smallest absolute Gasteiger partial charge is 0.242 e. The van der Waals surface area contributed by atoms with Crippen molar-refractivity contribution < 1.29 is 14.3 Å². The number of methoxy groups -OCH3 is 1. The van der Waals surface area contributed by atoms with E-state index in [1.807, 2.05) is 31.2 Å². The average Bonchev–Trinajstić information content (AvgIpc) is 2.82. The molecule has 0 aliphatic heterocycles. The van der Waals surface area contributed by atoms with Crippen LogP contribution in [0.1, 0.15) is 62.1 Å². The molecule has 1 aliphatic carbocycles. The molecule has 5 heteroatoms. The van der Waals surface area contributed by atoms with Gasteiger partial charge in [-0.3, -0.25) is 9.59 Å². The van der Waals surface area contributed by atoms with Crippen molar-refractivity contribution in [1.82, 2.24) is 10.2 Å². The van der Waals surface area contributed by atoms with Crippen molar-refractivity contribution in [2.45, 2.75) is 77.4 Å². The number of rotatable bonds is 9. The Bertz CT molecular complexity index is 871. The van der Waals surface area contributed by atoms with E-state index >= 15 is 0 Å². The van der Waals surface area contributed by atoms with Gasteiger partial charge in [-0.05, 0) is 56.4 Å². The van der Waals surface area contributed by atoms with Gasteiger partial charge in [-0.1, -0.05) is 61.2 Å². The van der Waals surface area contributed by atoms with Crippen molar-refractivity contribution in [3.05, 3.63) is 65.2 Å². The fourth-order valence-electron chi connectivity index (χ4n) is 4.23. The van der Waals surface area contributed by atoms with E-state index in [4.69, 9.17) is 4.74 Å². The van der Waals surface area contributed by atoms with Crippen molar-refractivity contribution in [3.63, 3.8) is 0 Å². The molecule has 1 unspecified atom stereocenters. The first kappa shape index (κ1) is 23.8. The van der Waals surface area contributed by atoms with Crippen LogP contribution in [0.4, 0.5) is 0 Å². The maximum atomic E-state index is 13.3. The third-order valence-electron chi connectivity index (χ3n) is 6.38. The number of nitrogens with zero attached hydrogens (tertiary/aromatic N) is 1. The van der Waals surface area contributed by atoms with Gasteiger partial charge in [0, 0.05) is 19.0 Å². The topological polar surface area (TPSA) is 58.6 Å². The summed E-state index contributed by atoms with van der Waals surface area (Å²) < 4.78 is 5.24. The monoisotopic (exact) mass is 436 g/mol. The highest BCUT2D eigenvalue weighted by Crippen LogP contribution is 2.19. The van der Waals surface area contributed by atoms with E-state index in [-0.39, 0.29) is 17.9 Å². The molecule has 1 atom stereocenters. The van der Waals surface area contributed by atoms with Gasteiger partial charge in [0.15, 0.2) is 0 Å². The van der Waals surface area contributed by atoms with Gasteiger partial charge in [0.2, 0.25) is 11.8 Å². The number of carbonyl (C=O) groups excluding carboxylic acids is 2. The Morgan fingerprint density at radius 3 is 2.25 bits per heavy atom. The minimum absolute atomic E-state index is 0.00677. The van der Waals surface area contributed by atoms with Gasteiger partial charge in [0.25, 0.3) is 0 Å². The number of amides is 2. The summed E-state index contributed by atoms with van der Waals surface area (Å²) in [5.41, 5.74) is 3.31. The number of benzene rings is 2. The summed E-state index contributed by atoms with van der Waals surface area (Å²) in [6.07, 6.45) is 6.64. The normalized spacial score (nSPS) is 15.1. The summed E-state index contributed by atoms with van der Waals surface area (Å²) in [4.78, 5) is 28.0. The fourth-order valence-corrected chi connectivity index (χ4v) is 4.23. The second-order valence-corrected chi connectivity index (χ2v) is 8.87. The summed E-state index contributed by atoms with van der Waals surface area (Å²) in [5, 5.41) is 3.19. The predicted octanol–water partition coefficient (Wildman–Crippen LogP) is 4.80. The molecule has 2 aromatic rings. The SMILES string of the molecule is COc1ccc(CN(C(=O)CCc2ccc(C)cc2)C(C)C(=O)NC2CCCCC2)cc1. The molecular weight excluding hydrogens is 400 g/mol. The molecule has 5 nitrogen and oxygen atoms in total. The van der Waals surface area contributed by atoms with E-state index < -0.39 is 6.04 Å². The van der Waals surface area contributed by atoms with Crippen LogP contribution in [0, 0.1) is 6.92 Å². The lowest BCUT2D eigenvalue weighted by atomic mass is 9.95. The van der Waals surface area contributed by atoms with Crippen molar-refractivity contribution in [3.8, 4) is 5.75 Å². The Labute approximate surface area is 192 Å². The molecule has 0 heterocycles. The molecule has 0 aromatic heterocycles. The second-order valence-electron chi connectivity index (χ2n) is 8.87. The van der Waals surface area contributed by atoms with Crippen molar-refractivity contribution in [2.75, 3.05) is 7.11 Å². The van der Waals surface area contributed by atoms with Gasteiger partial charge >= 0.3 is 0 Å². The molecule has 2 amide bonds. The van der Waals surface area contributed by atoms with Crippen molar-refractivity contribution >= 4 is 11.8 Å². The predicted molar refractivity (Wildman–Crippen MR) is 128 cm³/mol. The minimum Gasteiger partial charge on any atom is -0.497 e. The van der Waals surface area contributed by atoms with Crippen LogP contribution in [0.3, 0.4) is 0 Å². The first-order valence-electron chi connectivity index (χ1n) is 11.7. The highest BCUT2D eigenvalue weighted by Gasteiger charge is 2.28. The number of nitrogens with one attached hydrogen (secondary N) is 1. The van der Waals surface area contributed by atoms with E-state index in [0.717, 1.165) is 42.6 Å². The number of hydrogen-bond donors (Lipinski definition) is 1. The minimum atomic E-state index is -0.524.